The van der Waals surface area contributed by atoms with Gasteiger partial charge in [0, 0.05) is 0 Å². The van der Waals surface area contributed by atoms with Gasteiger partial charge >= 0.3 is 7.12 Å². The van der Waals surface area contributed by atoms with Crippen LogP contribution in [0.3, 0.4) is 0 Å². The molecule has 0 amide bonds. The Labute approximate surface area is 70.9 Å². The van der Waals surface area contributed by atoms with E-state index in [1.165, 1.54) is 0 Å². The summed E-state index contributed by atoms with van der Waals surface area (Å²) >= 11 is 11.1. The van der Waals surface area contributed by atoms with Crippen LogP contribution in [0, 0.1) is 0 Å². The minimum atomic E-state index is -0.590. The predicted molar refractivity (Wildman–Crippen MR) is 42.3 cm³/mol. The fraction of sp³-hybridized carbons (Fsp3) is 1.00. The molecule has 2 atom stereocenters. The number of hydrogen-bond donors (Lipinski definition) is 0. The smallest absolute Gasteiger partial charge is 0.404 e. The molecule has 0 saturated carbocycles. The highest BCUT2D eigenvalue weighted by molar-refractivity contribution is 6.73. The molecule has 2 nitrogen and oxygen atoms in total. The summed E-state index contributed by atoms with van der Waals surface area (Å²) in [7, 11) is -0.451. The van der Waals surface area contributed by atoms with E-state index in [1.54, 1.807) is 0 Å². The first kappa shape index (κ1) is 8.66. The molecule has 0 aromatic carbocycles. The van der Waals surface area contributed by atoms with Crippen molar-refractivity contribution in [2.24, 2.45) is 0 Å². The van der Waals surface area contributed by atoms with Gasteiger partial charge in [0.05, 0.1) is 12.2 Å². The van der Waals surface area contributed by atoms with E-state index in [1.807, 2.05) is 13.8 Å². The molecule has 0 bridgehead atoms. The maximum atomic E-state index is 5.53. The van der Waals surface area contributed by atoms with Crippen LogP contribution in [-0.2, 0) is 9.31 Å². The minimum Gasteiger partial charge on any atom is -0.404 e. The zero-order valence-corrected chi connectivity index (χ0v) is 7.39. The molecule has 58 valence electrons. The highest BCUT2D eigenvalue weighted by atomic mass is 35.5. The lowest BCUT2D eigenvalue weighted by atomic mass is 9.95. The molecular formula is C5H9BCl2O2. The van der Waals surface area contributed by atoms with E-state index in [4.69, 9.17) is 32.5 Å². The van der Waals surface area contributed by atoms with Crippen molar-refractivity contribution in [3.63, 3.8) is 0 Å². The Morgan fingerprint density at radius 2 is 1.60 bits per heavy atom. The van der Waals surface area contributed by atoms with Gasteiger partial charge in [0.25, 0.3) is 0 Å². The largest absolute Gasteiger partial charge is 0.492 e. The van der Waals surface area contributed by atoms with E-state index in [9.17, 15) is 0 Å². The van der Waals surface area contributed by atoms with Crippen molar-refractivity contribution < 1.29 is 9.31 Å². The van der Waals surface area contributed by atoms with Crippen LogP contribution in [0.5, 0.6) is 0 Å². The second kappa shape index (κ2) is 3.31. The van der Waals surface area contributed by atoms with Crippen LogP contribution in [0.4, 0.5) is 0 Å². The van der Waals surface area contributed by atoms with Gasteiger partial charge in [0.2, 0.25) is 0 Å². The molecule has 0 radical (unpaired) electrons. The Bertz CT molecular complexity index is 112. The second-order valence-corrected chi connectivity index (χ2v) is 3.55. The lowest BCUT2D eigenvalue weighted by Crippen LogP contribution is -2.24. The second-order valence-electron chi connectivity index (χ2n) is 2.39. The predicted octanol–water partition coefficient (Wildman–Crippen LogP) is 1.64. The van der Waals surface area contributed by atoms with Crippen LogP contribution >= 0.6 is 23.2 Å². The topological polar surface area (TPSA) is 18.5 Å². The van der Waals surface area contributed by atoms with E-state index in [0.29, 0.717) is 0 Å². The molecule has 1 heterocycles. The Kier molecular flexibility index (Phi) is 2.86. The quantitative estimate of drug-likeness (QED) is 0.454. The molecule has 0 spiro atoms. The fourth-order valence-electron chi connectivity index (χ4n) is 0.795. The van der Waals surface area contributed by atoms with E-state index < -0.39 is 11.9 Å². The third kappa shape index (κ3) is 1.79. The first-order chi connectivity index (χ1) is 4.61. The average molecular weight is 183 g/mol. The SMILES string of the molecule is C[C@H]1OB(C(Cl)Cl)O[C@@H]1C. The zero-order valence-electron chi connectivity index (χ0n) is 5.88. The lowest BCUT2D eigenvalue weighted by molar-refractivity contribution is 0.187. The van der Waals surface area contributed by atoms with Gasteiger partial charge in [-0.2, -0.15) is 0 Å². The normalized spacial score (nSPS) is 33.9. The first-order valence-corrected chi connectivity index (χ1v) is 4.07. The van der Waals surface area contributed by atoms with E-state index >= 15 is 0 Å². The van der Waals surface area contributed by atoms with Crippen molar-refractivity contribution in [1.82, 2.24) is 0 Å². The third-order valence-electron chi connectivity index (χ3n) is 1.56. The molecule has 5 heteroatoms. The van der Waals surface area contributed by atoms with Crippen molar-refractivity contribution in [2.45, 2.75) is 30.8 Å². The van der Waals surface area contributed by atoms with Gasteiger partial charge in [0.1, 0.15) is 4.74 Å². The maximum Gasteiger partial charge on any atom is 0.492 e. The summed E-state index contributed by atoms with van der Waals surface area (Å²) in [4.78, 5) is 0. The zero-order chi connectivity index (χ0) is 7.72. The van der Waals surface area contributed by atoms with Gasteiger partial charge in [-0.3, -0.25) is 0 Å². The van der Waals surface area contributed by atoms with E-state index in [-0.39, 0.29) is 12.2 Å². The first-order valence-electron chi connectivity index (χ1n) is 3.20. The van der Waals surface area contributed by atoms with Crippen molar-refractivity contribution in [2.75, 3.05) is 0 Å². The highest BCUT2D eigenvalue weighted by Gasteiger charge is 2.39. The summed E-state index contributed by atoms with van der Waals surface area (Å²) < 4.78 is 9.91. The molecule has 0 N–H and O–H groups in total. The number of rotatable bonds is 1. The standard InChI is InChI=1S/C5H9BCl2O2/c1-3-4(2)10-6(9-3)5(7)8/h3-5H,1-2H3/t3-,4-/m1/s1. The summed E-state index contributed by atoms with van der Waals surface area (Å²) in [5.41, 5.74) is 0. The van der Waals surface area contributed by atoms with Gasteiger partial charge in [-0.1, -0.05) is 0 Å². The molecule has 0 aromatic rings. The van der Waals surface area contributed by atoms with Crippen LogP contribution in [0.2, 0.25) is 0 Å². The number of halogens is 2. The third-order valence-corrected chi connectivity index (χ3v) is 1.98. The summed E-state index contributed by atoms with van der Waals surface area (Å²) in [5.74, 6) is 0. The summed E-state index contributed by atoms with van der Waals surface area (Å²) in [5, 5.41) is 0. The Balaban J connectivity index is 2.41. The molecule has 1 rings (SSSR count). The van der Waals surface area contributed by atoms with Gasteiger partial charge in [-0.15, -0.1) is 23.2 Å². The molecular weight excluding hydrogens is 174 g/mol. The highest BCUT2D eigenvalue weighted by Crippen LogP contribution is 2.21. The molecule has 0 aromatic heterocycles. The summed E-state index contributed by atoms with van der Waals surface area (Å²) in [6, 6.07) is 0. The lowest BCUT2D eigenvalue weighted by Gasteiger charge is -2.04. The van der Waals surface area contributed by atoms with Crippen LogP contribution in [0.15, 0.2) is 0 Å². The van der Waals surface area contributed by atoms with Gasteiger partial charge in [-0.25, -0.2) is 0 Å². The van der Waals surface area contributed by atoms with Crippen molar-refractivity contribution in [3.8, 4) is 0 Å². The van der Waals surface area contributed by atoms with E-state index in [2.05, 4.69) is 0 Å². The van der Waals surface area contributed by atoms with Crippen molar-refractivity contribution in [1.29, 1.82) is 0 Å². The van der Waals surface area contributed by atoms with Gasteiger partial charge < -0.3 is 9.31 Å². The Morgan fingerprint density at radius 3 is 1.80 bits per heavy atom. The average Bonchev–Trinajstić information content (AvgIpc) is 2.13. The summed E-state index contributed by atoms with van der Waals surface area (Å²) in [6.45, 7) is 3.86. The Morgan fingerprint density at radius 1 is 1.20 bits per heavy atom. The molecule has 1 aliphatic heterocycles. The van der Waals surface area contributed by atoms with Crippen LogP contribution in [-0.4, -0.2) is 24.1 Å². The number of alkyl halides is 2. The fourth-order valence-corrected chi connectivity index (χ4v) is 1.03. The van der Waals surface area contributed by atoms with E-state index in [0.717, 1.165) is 0 Å². The van der Waals surface area contributed by atoms with Crippen LogP contribution < -0.4 is 0 Å². The monoisotopic (exact) mass is 182 g/mol. The van der Waals surface area contributed by atoms with Crippen molar-refractivity contribution in [3.05, 3.63) is 0 Å². The molecule has 1 fully saturated rings. The molecule has 0 unspecified atom stereocenters. The van der Waals surface area contributed by atoms with Crippen molar-refractivity contribution >= 4 is 30.3 Å². The molecule has 1 aliphatic rings. The molecule has 0 aliphatic carbocycles. The number of hydrogen-bond acceptors (Lipinski definition) is 2. The molecule has 10 heavy (non-hydrogen) atoms. The Hall–Kier alpha value is 0.565. The van der Waals surface area contributed by atoms with Crippen LogP contribution in [0.1, 0.15) is 13.8 Å². The minimum absolute atomic E-state index is 0.0880. The maximum absolute atomic E-state index is 5.53. The van der Waals surface area contributed by atoms with Gasteiger partial charge in [-0.05, 0) is 13.8 Å². The summed E-state index contributed by atoms with van der Waals surface area (Å²) in [6.07, 6.45) is 0.176. The van der Waals surface area contributed by atoms with Crippen LogP contribution in [0.25, 0.3) is 0 Å². The van der Waals surface area contributed by atoms with Gasteiger partial charge in [0.15, 0.2) is 0 Å². The molecule has 1 saturated heterocycles.